The molecule has 2 heteroatoms. The third-order valence-electron chi connectivity index (χ3n) is 7.10. The average Bonchev–Trinajstić information content (AvgIpc) is 2.41. The quantitative estimate of drug-likeness (QED) is 0.829. The highest BCUT2D eigenvalue weighted by Gasteiger charge is 2.48. The highest BCUT2D eigenvalue weighted by atomic mass is 16.3. The molecular formula is C18H31NO. The van der Waals surface area contributed by atoms with E-state index in [9.17, 15) is 5.11 Å². The predicted molar refractivity (Wildman–Crippen MR) is 81.4 cm³/mol. The predicted octanol–water partition coefficient (Wildman–Crippen LogP) is 3.34. The summed E-state index contributed by atoms with van der Waals surface area (Å²) in [5.74, 6) is 4.77. The van der Waals surface area contributed by atoms with Crippen molar-refractivity contribution in [1.29, 1.82) is 0 Å². The molecule has 0 spiro atoms. The van der Waals surface area contributed by atoms with E-state index in [1.54, 1.807) is 0 Å². The molecule has 5 aliphatic carbocycles. The Morgan fingerprint density at radius 1 is 0.950 bits per heavy atom. The van der Waals surface area contributed by atoms with Gasteiger partial charge in [0.05, 0.1) is 5.60 Å². The van der Waals surface area contributed by atoms with Gasteiger partial charge in [0.1, 0.15) is 0 Å². The first kappa shape index (κ1) is 13.6. The molecule has 0 heterocycles. The lowest BCUT2D eigenvalue weighted by Crippen LogP contribution is -2.57. The Kier molecular flexibility index (Phi) is 3.38. The number of rotatable bonds is 3. The van der Waals surface area contributed by atoms with Gasteiger partial charge in [-0.25, -0.2) is 0 Å². The first-order chi connectivity index (χ1) is 9.61. The minimum atomic E-state index is -0.402. The fourth-order valence-electron chi connectivity index (χ4n) is 6.04. The van der Waals surface area contributed by atoms with Crippen LogP contribution in [0, 0.1) is 29.6 Å². The summed E-state index contributed by atoms with van der Waals surface area (Å²) in [5.41, 5.74) is -0.402. The number of nitrogens with one attached hydrogen (secondary N) is 1. The molecule has 5 rings (SSSR count). The van der Waals surface area contributed by atoms with E-state index in [-0.39, 0.29) is 0 Å². The van der Waals surface area contributed by atoms with Crippen molar-refractivity contribution in [1.82, 2.24) is 5.32 Å². The zero-order valence-electron chi connectivity index (χ0n) is 13.0. The van der Waals surface area contributed by atoms with Crippen molar-refractivity contribution in [2.45, 2.75) is 76.4 Å². The van der Waals surface area contributed by atoms with Crippen molar-refractivity contribution in [3.63, 3.8) is 0 Å². The Morgan fingerprint density at radius 3 is 2.05 bits per heavy atom. The lowest BCUT2D eigenvalue weighted by atomic mass is 9.54. The molecule has 0 aromatic rings. The van der Waals surface area contributed by atoms with Gasteiger partial charge in [-0.15, -0.1) is 0 Å². The number of hydrogen-bond acceptors (Lipinski definition) is 2. The minimum absolute atomic E-state index is 0.402. The van der Waals surface area contributed by atoms with Gasteiger partial charge in [0, 0.05) is 12.6 Å². The second kappa shape index (κ2) is 4.98. The summed E-state index contributed by atoms with van der Waals surface area (Å²) < 4.78 is 0. The summed E-state index contributed by atoms with van der Waals surface area (Å²) in [6.07, 6.45) is 11.9. The molecule has 2 N–H and O–H groups in total. The highest BCUT2D eigenvalue weighted by Crippen LogP contribution is 2.53. The second-order valence-electron chi connectivity index (χ2n) is 8.74. The van der Waals surface area contributed by atoms with Gasteiger partial charge >= 0.3 is 0 Å². The van der Waals surface area contributed by atoms with Crippen LogP contribution in [-0.2, 0) is 0 Å². The van der Waals surface area contributed by atoms with Crippen molar-refractivity contribution in [3.8, 4) is 0 Å². The second-order valence-corrected chi connectivity index (χ2v) is 8.74. The molecule has 0 aromatic carbocycles. The smallest absolute Gasteiger partial charge is 0.0771 e. The van der Waals surface area contributed by atoms with E-state index in [0.717, 1.165) is 55.0 Å². The molecule has 0 radical (unpaired) electrons. The van der Waals surface area contributed by atoms with Crippen LogP contribution >= 0.6 is 0 Å². The van der Waals surface area contributed by atoms with Crippen LogP contribution in [0.5, 0.6) is 0 Å². The third kappa shape index (κ3) is 2.43. The molecule has 0 aromatic heterocycles. The molecule has 0 atom stereocenters. The first-order valence-corrected chi connectivity index (χ1v) is 9.07. The zero-order valence-corrected chi connectivity index (χ0v) is 13.0. The Labute approximate surface area is 123 Å². The third-order valence-corrected chi connectivity index (χ3v) is 7.10. The molecule has 0 unspecified atom stereocenters. The van der Waals surface area contributed by atoms with Gasteiger partial charge in [0.25, 0.3) is 0 Å². The van der Waals surface area contributed by atoms with Crippen LogP contribution < -0.4 is 5.32 Å². The van der Waals surface area contributed by atoms with E-state index < -0.39 is 5.60 Å². The average molecular weight is 277 g/mol. The Morgan fingerprint density at radius 2 is 1.50 bits per heavy atom. The van der Waals surface area contributed by atoms with E-state index in [4.69, 9.17) is 0 Å². The standard InChI is InChI=1S/C18H31NO/c1-12-2-4-18(20,5-3-12)11-19-17-15-7-13-6-14(9-15)10-16(17)8-13/h12-17,19-20H,2-11H2,1H3. The summed E-state index contributed by atoms with van der Waals surface area (Å²) in [6.45, 7) is 3.18. The molecule has 5 fully saturated rings. The minimum Gasteiger partial charge on any atom is -0.389 e. The van der Waals surface area contributed by atoms with E-state index >= 15 is 0 Å². The van der Waals surface area contributed by atoms with Gasteiger partial charge in [0.15, 0.2) is 0 Å². The summed E-state index contributed by atoms with van der Waals surface area (Å²) in [4.78, 5) is 0. The van der Waals surface area contributed by atoms with E-state index in [2.05, 4.69) is 12.2 Å². The van der Waals surface area contributed by atoms with E-state index in [1.165, 1.54) is 44.9 Å². The molecule has 2 nitrogen and oxygen atoms in total. The summed E-state index contributed by atoms with van der Waals surface area (Å²) >= 11 is 0. The van der Waals surface area contributed by atoms with Crippen molar-refractivity contribution in [2.75, 3.05) is 6.54 Å². The molecular weight excluding hydrogens is 246 g/mol. The monoisotopic (exact) mass is 277 g/mol. The topological polar surface area (TPSA) is 32.3 Å². The molecule has 0 amide bonds. The van der Waals surface area contributed by atoms with Gasteiger partial charge in [0.2, 0.25) is 0 Å². The zero-order chi connectivity index (χ0) is 13.7. The molecule has 4 bridgehead atoms. The molecule has 5 aliphatic rings. The molecule has 0 saturated heterocycles. The lowest BCUT2D eigenvalue weighted by Gasteiger charge is -2.55. The highest BCUT2D eigenvalue weighted by molar-refractivity contribution is 5.02. The fraction of sp³-hybridized carbons (Fsp3) is 1.00. The van der Waals surface area contributed by atoms with Crippen LogP contribution in [0.1, 0.15) is 64.7 Å². The van der Waals surface area contributed by atoms with Crippen LogP contribution in [0.2, 0.25) is 0 Å². The van der Waals surface area contributed by atoms with Gasteiger partial charge in [-0.1, -0.05) is 6.92 Å². The SMILES string of the molecule is CC1CCC(O)(CNC2C3CC4CC(C3)CC2C4)CC1. The molecule has 5 saturated carbocycles. The molecule has 114 valence electrons. The summed E-state index contributed by atoms with van der Waals surface area (Å²) in [6, 6.07) is 0.728. The maximum absolute atomic E-state index is 10.8. The van der Waals surface area contributed by atoms with Gasteiger partial charge < -0.3 is 10.4 Å². The van der Waals surface area contributed by atoms with Crippen LogP contribution in [-0.4, -0.2) is 23.3 Å². The van der Waals surface area contributed by atoms with Crippen LogP contribution in [0.15, 0.2) is 0 Å². The summed E-state index contributed by atoms with van der Waals surface area (Å²) in [5, 5.41) is 14.6. The Hall–Kier alpha value is -0.0800. The first-order valence-electron chi connectivity index (χ1n) is 9.07. The van der Waals surface area contributed by atoms with Crippen molar-refractivity contribution >= 4 is 0 Å². The Balaban J connectivity index is 1.35. The van der Waals surface area contributed by atoms with Gasteiger partial charge in [-0.05, 0) is 87.4 Å². The van der Waals surface area contributed by atoms with E-state index in [0.29, 0.717) is 0 Å². The summed E-state index contributed by atoms with van der Waals surface area (Å²) in [7, 11) is 0. The van der Waals surface area contributed by atoms with Gasteiger partial charge in [-0.2, -0.15) is 0 Å². The van der Waals surface area contributed by atoms with Crippen molar-refractivity contribution < 1.29 is 5.11 Å². The number of aliphatic hydroxyl groups is 1. The maximum Gasteiger partial charge on any atom is 0.0771 e. The molecule has 0 aliphatic heterocycles. The number of hydrogen-bond donors (Lipinski definition) is 2. The van der Waals surface area contributed by atoms with E-state index in [1.807, 2.05) is 0 Å². The maximum atomic E-state index is 10.8. The van der Waals surface area contributed by atoms with Crippen molar-refractivity contribution in [2.24, 2.45) is 29.6 Å². The molecule has 20 heavy (non-hydrogen) atoms. The fourth-order valence-corrected chi connectivity index (χ4v) is 6.04. The van der Waals surface area contributed by atoms with Gasteiger partial charge in [-0.3, -0.25) is 0 Å². The largest absolute Gasteiger partial charge is 0.389 e. The lowest BCUT2D eigenvalue weighted by molar-refractivity contribution is -0.0411. The van der Waals surface area contributed by atoms with Crippen LogP contribution in [0.3, 0.4) is 0 Å². The van der Waals surface area contributed by atoms with Crippen molar-refractivity contribution in [3.05, 3.63) is 0 Å². The van der Waals surface area contributed by atoms with Crippen LogP contribution in [0.4, 0.5) is 0 Å². The van der Waals surface area contributed by atoms with Crippen LogP contribution in [0.25, 0.3) is 0 Å². The Bertz CT molecular complexity index is 330. The normalized spacial score (nSPS) is 54.3.